The van der Waals surface area contributed by atoms with Crippen molar-refractivity contribution in [3.05, 3.63) is 48.0 Å². The first-order valence-corrected chi connectivity index (χ1v) is 7.53. The zero-order chi connectivity index (χ0) is 15.8. The van der Waals surface area contributed by atoms with E-state index in [4.69, 9.17) is 16.6 Å². The Labute approximate surface area is 134 Å². The highest BCUT2D eigenvalue weighted by molar-refractivity contribution is 7.80. The molecule has 0 aliphatic heterocycles. The number of thiocarbonyl (C=S) groups is 1. The Morgan fingerprint density at radius 1 is 1.32 bits per heavy atom. The van der Waals surface area contributed by atoms with Gasteiger partial charge in [0.05, 0.1) is 11.8 Å². The van der Waals surface area contributed by atoms with E-state index in [-0.39, 0.29) is 5.82 Å². The number of hydrazone groups is 1. The molecule has 2 N–H and O–H groups in total. The van der Waals surface area contributed by atoms with Gasteiger partial charge in [-0.05, 0) is 42.9 Å². The van der Waals surface area contributed by atoms with Gasteiger partial charge in [0, 0.05) is 6.54 Å². The number of unbranched alkanes of at least 4 members (excludes halogenated alkanes) is 1. The lowest BCUT2D eigenvalue weighted by atomic mass is 10.1. The second-order valence-electron chi connectivity index (χ2n) is 4.66. The molecule has 0 aliphatic carbocycles. The first-order chi connectivity index (χ1) is 10.7. The zero-order valence-electron chi connectivity index (χ0n) is 12.3. The fourth-order valence-electron chi connectivity index (χ4n) is 1.80. The summed E-state index contributed by atoms with van der Waals surface area (Å²) in [5.74, 6) is 0.657. The Hall–Kier alpha value is -2.21. The molecule has 0 atom stereocenters. The number of nitrogens with one attached hydrogen (secondary N) is 2. The Balaban J connectivity index is 1.91. The summed E-state index contributed by atoms with van der Waals surface area (Å²) >= 11 is 5.07. The summed E-state index contributed by atoms with van der Waals surface area (Å²) in [6.45, 7) is 2.93. The van der Waals surface area contributed by atoms with Crippen LogP contribution in [0.15, 0.2) is 45.9 Å². The molecule has 0 saturated heterocycles. The van der Waals surface area contributed by atoms with Crippen LogP contribution in [0, 0.1) is 5.82 Å². The maximum atomic E-state index is 13.7. The lowest BCUT2D eigenvalue weighted by molar-refractivity contribution is 0.563. The summed E-state index contributed by atoms with van der Waals surface area (Å²) in [5.41, 5.74) is 3.13. The molecule has 22 heavy (non-hydrogen) atoms. The van der Waals surface area contributed by atoms with Gasteiger partial charge in [0.25, 0.3) is 0 Å². The van der Waals surface area contributed by atoms with E-state index in [1.54, 1.807) is 30.3 Å². The van der Waals surface area contributed by atoms with Crippen molar-refractivity contribution >= 4 is 23.5 Å². The molecule has 0 radical (unpaired) electrons. The molecule has 1 heterocycles. The number of rotatable bonds is 6. The Kier molecular flexibility index (Phi) is 6.09. The standard InChI is InChI=1S/C16H18FN3OS/c1-2-3-10-18-16(22)20-19-11-12-8-9-15(21-12)13-6-4-5-7-14(13)17/h4-9,11H,2-3,10H2,1H3,(H2,18,20,22)/b19-11-. The van der Waals surface area contributed by atoms with Crippen molar-refractivity contribution in [3.63, 3.8) is 0 Å². The summed E-state index contributed by atoms with van der Waals surface area (Å²) in [4.78, 5) is 0. The van der Waals surface area contributed by atoms with Gasteiger partial charge in [0.1, 0.15) is 17.3 Å². The van der Waals surface area contributed by atoms with Crippen molar-refractivity contribution in [1.82, 2.24) is 10.7 Å². The van der Waals surface area contributed by atoms with Crippen molar-refractivity contribution < 1.29 is 8.81 Å². The topological polar surface area (TPSA) is 49.6 Å². The Bertz CT molecular complexity index is 654. The van der Waals surface area contributed by atoms with Gasteiger partial charge in [0.15, 0.2) is 5.11 Å². The smallest absolute Gasteiger partial charge is 0.186 e. The van der Waals surface area contributed by atoms with Crippen LogP contribution in [0.3, 0.4) is 0 Å². The molecule has 0 unspecified atom stereocenters. The van der Waals surface area contributed by atoms with Crippen LogP contribution in [-0.2, 0) is 0 Å². The first kappa shape index (κ1) is 16.2. The molecule has 1 aromatic carbocycles. The summed E-state index contributed by atoms with van der Waals surface area (Å²) < 4.78 is 19.2. The van der Waals surface area contributed by atoms with Gasteiger partial charge in [-0.3, -0.25) is 5.43 Å². The van der Waals surface area contributed by atoms with Gasteiger partial charge in [0.2, 0.25) is 0 Å². The van der Waals surface area contributed by atoms with E-state index in [0.29, 0.717) is 22.2 Å². The Morgan fingerprint density at radius 2 is 2.14 bits per heavy atom. The van der Waals surface area contributed by atoms with Gasteiger partial charge >= 0.3 is 0 Å². The molecular weight excluding hydrogens is 301 g/mol. The van der Waals surface area contributed by atoms with Crippen molar-refractivity contribution in [3.8, 4) is 11.3 Å². The predicted octanol–water partition coefficient (Wildman–Crippen LogP) is 3.68. The molecule has 2 aromatic rings. The lowest BCUT2D eigenvalue weighted by Gasteiger charge is -2.04. The van der Waals surface area contributed by atoms with Crippen LogP contribution in [-0.4, -0.2) is 17.9 Å². The van der Waals surface area contributed by atoms with Crippen LogP contribution in [0.4, 0.5) is 4.39 Å². The van der Waals surface area contributed by atoms with Crippen molar-refractivity contribution in [2.75, 3.05) is 6.54 Å². The molecule has 6 heteroatoms. The predicted molar refractivity (Wildman–Crippen MR) is 90.3 cm³/mol. The van der Waals surface area contributed by atoms with E-state index in [1.165, 1.54) is 12.3 Å². The minimum atomic E-state index is -0.320. The first-order valence-electron chi connectivity index (χ1n) is 7.12. The van der Waals surface area contributed by atoms with E-state index < -0.39 is 0 Å². The molecule has 2 rings (SSSR count). The van der Waals surface area contributed by atoms with Crippen LogP contribution in [0.5, 0.6) is 0 Å². The SMILES string of the molecule is CCCCNC(=S)N/N=C\c1ccc(-c2ccccc2F)o1. The van der Waals surface area contributed by atoms with Gasteiger partial charge < -0.3 is 9.73 Å². The van der Waals surface area contributed by atoms with Gasteiger partial charge in [-0.25, -0.2) is 4.39 Å². The minimum Gasteiger partial charge on any atom is -0.455 e. The molecule has 116 valence electrons. The molecule has 0 amide bonds. The number of hydrogen-bond donors (Lipinski definition) is 2. The van der Waals surface area contributed by atoms with E-state index in [9.17, 15) is 4.39 Å². The molecule has 0 aliphatic rings. The minimum absolute atomic E-state index is 0.320. The normalized spacial score (nSPS) is 10.8. The van der Waals surface area contributed by atoms with Gasteiger partial charge in [-0.1, -0.05) is 25.5 Å². The maximum absolute atomic E-state index is 13.7. The van der Waals surface area contributed by atoms with Crippen LogP contribution < -0.4 is 10.7 Å². The zero-order valence-corrected chi connectivity index (χ0v) is 13.1. The molecular formula is C16H18FN3OS. The van der Waals surface area contributed by atoms with Crippen LogP contribution in [0.2, 0.25) is 0 Å². The molecule has 1 aromatic heterocycles. The quantitative estimate of drug-likeness (QED) is 0.369. The molecule has 0 saturated carbocycles. The van der Waals surface area contributed by atoms with Crippen LogP contribution in [0.25, 0.3) is 11.3 Å². The van der Waals surface area contributed by atoms with Gasteiger partial charge in [-0.15, -0.1) is 0 Å². The van der Waals surface area contributed by atoms with Crippen molar-refractivity contribution in [2.45, 2.75) is 19.8 Å². The van der Waals surface area contributed by atoms with E-state index in [2.05, 4.69) is 22.8 Å². The van der Waals surface area contributed by atoms with E-state index in [1.807, 2.05) is 0 Å². The molecule has 4 nitrogen and oxygen atoms in total. The largest absolute Gasteiger partial charge is 0.455 e. The number of halogens is 1. The maximum Gasteiger partial charge on any atom is 0.186 e. The molecule has 0 fully saturated rings. The molecule has 0 bridgehead atoms. The third kappa shape index (κ3) is 4.66. The number of hydrogen-bond acceptors (Lipinski definition) is 3. The third-order valence-corrected chi connectivity index (χ3v) is 3.18. The van der Waals surface area contributed by atoms with Crippen molar-refractivity contribution in [1.29, 1.82) is 0 Å². The summed E-state index contributed by atoms with van der Waals surface area (Å²) in [6, 6.07) is 9.89. The highest BCUT2D eigenvalue weighted by atomic mass is 32.1. The van der Waals surface area contributed by atoms with Crippen LogP contribution in [0.1, 0.15) is 25.5 Å². The number of nitrogens with zero attached hydrogens (tertiary/aromatic N) is 1. The second-order valence-corrected chi connectivity index (χ2v) is 5.07. The number of furan rings is 1. The van der Waals surface area contributed by atoms with E-state index >= 15 is 0 Å². The summed E-state index contributed by atoms with van der Waals surface area (Å²) in [7, 11) is 0. The summed E-state index contributed by atoms with van der Waals surface area (Å²) in [6.07, 6.45) is 3.65. The monoisotopic (exact) mass is 319 g/mol. The molecule has 0 spiro atoms. The highest BCUT2D eigenvalue weighted by Crippen LogP contribution is 2.24. The average molecular weight is 319 g/mol. The van der Waals surface area contributed by atoms with Crippen molar-refractivity contribution in [2.24, 2.45) is 5.10 Å². The Morgan fingerprint density at radius 3 is 2.91 bits per heavy atom. The fraction of sp³-hybridized carbons (Fsp3) is 0.250. The fourth-order valence-corrected chi connectivity index (χ4v) is 1.96. The van der Waals surface area contributed by atoms with E-state index in [0.717, 1.165) is 19.4 Å². The summed E-state index contributed by atoms with van der Waals surface area (Å²) in [5, 5.41) is 7.48. The van der Waals surface area contributed by atoms with Gasteiger partial charge in [-0.2, -0.15) is 5.10 Å². The van der Waals surface area contributed by atoms with Crippen LogP contribution >= 0.6 is 12.2 Å². The third-order valence-electron chi connectivity index (χ3n) is 2.94. The average Bonchev–Trinajstić information content (AvgIpc) is 2.97. The number of benzene rings is 1. The lowest BCUT2D eigenvalue weighted by Crippen LogP contribution is -2.32. The second kappa shape index (κ2) is 8.29. The highest BCUT2D eigenvalue weighted by Gasteiger charge is 2.07.